The molecule has 0 aliphatic carbocycles. The van der Waals surface area contributed by atoms with Crippen molar-refractivity contribution >= 4 is 51.8 Å². The lowest BCUT2D eigenvalue weighted by atomic mass is 9.73. The minimum atomic E-state index is -4.35. The van der Waals surface area contributed by atoms with Crippen molar-refractivity contribution in [1.82, 2.24) is 4.98 Å². The molecule has 5 atom stereocenters. The monoisotopic (exact) mass is 671 g/mol. The molecule has 38 heavy (non-hydrogen) atoms. The quantitative estimate of drug-likeness (QED) is 0.284. The SMILES string of the molecule is C/C(=C\c1csc(CC(F)(F)F)n1)[C@@H]1C/C=C(/I)CCC[C@H](C)[C@H](O)[C@@H](C)C(=O)C(C)(C)[C@@H](O)CC(=O)O1. The Bertz CT molecular complexity index is 1040. The van der Waals surface area contributed by atoms with E-state index >= 15 is 0 Å². The molecular formula is C27H37F3INO5S. The van der Waals surface area contributed by atoms with Crippen LogP contribution in [0.1, 0.15) is 77.4 Å². The Hall–Kier alpha value is -1.31. The Morgan fingerprint density at radius 1 is 1.29 bits per heavy atom. The molecule has 0 saturated carbocycles. The van der Waals surface area contributed by atoms with Gasteiger partial charge in [-0.05, 0) is 69.9 Å². The van der Waals surface area contributed by atoms with E-state index in [0.29, 0.717) is 24.1 Å². The zero-order valence-electron chi connectivity index (χ0n) is 22.3. The number of Topliss-reactive ketones (excluding diaryl/α,β-unsaturated/α-hetero) is 1. The Kier molecular flexibility index (Phi) is 12.0. The van der Waals surface area contributed by atoms with Crippen LogP contribution in [0.3, 0.4) is 0 Å². The van der Waals surface area contributed by atoms with Gasteiger partial charge in [-0.15, -0.1) is 11.3 Å². The van der Waals surface area contributed by atoms with Gasteiger partial charge in [-0.2, -0.15) is 13.2 Å². The third kappa shape index (κ3) is 9.71. The summed E-state index contributed by atoms with van der Waals surface area (Å²) in [5.41, 5.74) is -0.345. The first kappa shape index (κ1) is 32.9. The topological polar surface area (TPSA) is 96.7 Å². The molecule has 0 spiro atoms. The van der Waals surface area contributed by atoms with E-state index in [2.05, 4.69) is 27.6 Å². The molecular weight excluding hydrogens is 634 g/mol. The van der Waals surface area contributed by atoms with Crippen molar-refractivity contribution in [2.75, 3.05) is 0 Å². The molecule has 11 heteroatoms. The minimum absolute atomic E-state index is 0.0513. The number of ketones is 1. The first-order chi connectivity index (χ1) is 17.5. The molecule has 2 heterocycles. The molecule has 6 nitrogen and oxygen atoms in total. The smallest absolute Gasteiger partial charge is 0.395 e. The van der Waals surface area contributed by atoms with Crippen LogP contribution in [0, 0.1) is 17.3 Å². The number of aromatic nitrogens is 1. The normalized spacial score (nSPS) is 30.4. The summed E-state index contributed by atoms with van der Waals surface area (Å²) in [5.74, 6) is -1.87. The Balaban J connectivity index is 2.32. The van der Waals surface area contributed by atoms with Crippen LogP contribution in [0.25, 0.3) is 6.08 Å². The van der Waals surface area contributed by atoms with E-state index in [-0.39, 0.29) is 16.7 Å². The number of carbonyl (C=O) groups excluding carboxylic acids is 2. The summed E-state index contributed by atoms with van der Waals surface area (Å²) in [7, 11) is 0. The summed E-state index contributed by atoms with van der Waals surface area (Å²) in [6.07, 6.45) is -2.66. The molecule has 0 aromatic carbocycles. The first-order valence-electron chi connectivity index (χ1n) is 12.6. The summed E-state index contributed by atoms with van der Waals surface area (Å²) < 4.78 is 44.9. The summed E-state index contributed by atoms with van der Waals surface area (Å²) in [4.78, 5) is 30.1. The van der Waals surface area contributed by atoms with Crippen molar-refractivity contribution in [2.45, 2.75) is 97.6 Å². The molecule has 0 saturated heterocycles. The van der Waals surface area contributed by atoms with Crippen LogP contribution in [0.5, 0.6) is 0 Å². The number of esters is 1. The summed E-state index contributed by atoms with van der Waals surface area (Å²) in [5, 5.41) is 23.1. The van der Waals surface area contributed by atoms with Gasteiger partial charge in [-0.1, -0.05) is 33.8 Å². The van der Waals surface area contributed by atoms with Crippen molar-refractivity contribution < 1.29 is 37.7 Å². The predicted octanol–water partition coefficient (Wildman–Crippen LogP) is 6.44. The standard InChI is InChI=1S/C27H37F3INO5S/c1-15-7-6-8-18(31)9-10-20(16(2)11-19-14-38-22(32-19)13-27(28,29)30)37-23(34)12-21(33)26(4,5)25(36)17(3)24(15)35/h9,11,14-15,17,20-21,24,33,35H,6-8,10,12-13H2,1-5H3/b16-11+,18-9+/t15-,17+,20-,21-,24-/m0/s1. The number of thiazole rings is 1. The van der Waals surface area contributed by atoms with Crippen LogP contribution < -0.4 is 0 Å². The van der Waals surface area contributed by atoms with Crippen LogP contribution in [0.15, 0.2) is 20.6 Å². The van der Waals surface area contributed by atoms with Crippen molar-refractivity contribution in [3.05, 3.63) is 31.3 Å². The lowest BCUT2D eigenvalue weighted by Gasteiger charge is -2.34. The van der Waals surface area contributed by atoms with E-state index in [4.69, 9.17) is 4.74 Å². The maximum absolute atomic E-state index is 13.2. The zero-order chi connectivity index (χ0) is 28.8. The predicted molar refractivity (Wildman–Crippen MR) is 150 cm³/mol. The molecule has 0 unspecified atom stereocenters. The van der Waals surface area contributed by atoms with Crippen LogP contribution in [-0.4, -0.2) is 51.4 Å². The number of aliphatic hydroxyl groups is 2. The van der Waals surface area contributed by atoms with Gasteiger partial charge in [0.25, 0.3) is 0 Å². The number of alkyl halides is 3. The van der Waals surface area contributed by atoms with Gasteiger partial charge in [0.05, 0.1) is 36.2 Å². The van der Waals surface area contributed by atoms with Gasteiger partial charge in [0.1, 0.15) is 16.9 Å². The molecule has 214 valence electrons. The van der Waals surface area contributed by atoms with E-state index < -0.39 is 54.6 Å². The van der Waals surface area contributed by atoms with Gasteiger partial charge in [0, 0.05) is 17.7 Å². The number of cyclic esters (lactones) is 1. The Labute approximate surface area is 239 Å². The summed E-state index contributed by atoms with van der Waals surface area (Å²) >= 11 is 3.13. The average Bonchev–Trinajstić information content (AvgIpc) is 3.23. The summed E-state index contributed by atoms with van der Waals surface area (Å²) in [6, 6.07) is 0. The minimum Gasteiger partial charge on any atom is -0.457 e. The second-order valence-corrected chi connectivity index (χ2v) is 13.0. The largest absolute Gasteiger partial charge is 0.457 e. The maximum atomic E-state index is 13.2. The van der Waals surface area contributed by atoms with Crippen LogP contribution in [0.4, 0.5) is 13.2 Å². The number of nitrogens with zero attached hydrogens (tertiary/aromatic N) is 1. The Morgan fingerprint density at radius 2 is 1.95 bits per heavy atom. The van der Waals surface area contributed by atoms with Crippen LogP contribution in [0.2, 0.25) is 0 Å². The lowest BCUT2D eigenvalue weighted by molar-refractivity contribution is -0.154. The number of allylic oxidation sites excluding steroid dienone is 1. The second-order valence-electron chi connectivity index (χ2n) is 10.7. The molecule has 2 N–H and O–H groups in total. The lowest BCUT2D eigenvalue weighted by Crippen LogP contribution is -2.45. The van der Waals surface area contributed by atoms with Gasteiger partial charge >= 0.3 is 12.1 Å². The van der Waals surface area contributed by atoms with Crippen LogP contribution in [-0.2, 0) is 20.7 Å². The van der Waals surface area contributed by atoms with Crippen molar-refractivity contribution in [2.24, 2.45) is 17.3 Å². The number of hydrogen-bond acceptors (Lipinski definition) is 7. The number of hydrogen-bond donors (Lipinski definition) is 2. The fourth-order valence-electron chi connectivity index (χ4n) is 4.42. The highest BCUT2D eigenvalue weighted by Crippen LogP contribution is 2.33. The van der Waals surface area contributed by atoms with E-state index in [0.717, 1.165) is 27.8 Å². The van der Waals surface area contributed by atoms with Crippen molar-refractivity contribution in [3.63, 3.8) is 0 Å². The number of rotatable bonds is 3. The molecule has 1 aliphatic rings. The molecule has 0 fully saturated rings. The van der Waals surface area contributed by atoms with Gasteiger partial charge < -0.3 is 14.9 Å². The highest BCUT2D eigenvalue weighted by Gasteiger charge is 2.42. The van der Waals surface area contributed by atoms with Crippen molar-refractivity contribution in [3.8, 4) is 0 Å². The van der Waals surface area contributed by atoms with Gasteiger partial charge in [0.2, 0.25) is 0 Å². The number of halogens is 4. The molecule has 0 amide bonds. The summed E-state index contributed by atoms with van der Waals surface area (Å²) in [6.45, 7) is 8.37. The van der Waals surface area contributed by atoms with E-state index in [1.165, 1.54) is 5.38 Å². The van der Waals surface area contributed by atoms with E-state index in [1.54, 1.807) is 33.8 Å². The van der Waals surface area contributed by atoms with Gasteiger partial charge in [-0.3, -0.25) is 9.59 Å². The third-order valence-corrected chi connectivity index (χ3v) is 8.89. The highest BCUT2D eigenvalue weighted by molar-refractivity contribution is 14.1. The fraction of sp³-hybridized carbons (Fsp3) is 0.667. The zero-order valence-corrected chi connectivity index (χ0v) is 25.3. The molecule has 0 radical (unpaired) electrons. The van der Waals surface area contributed by atoms with Crippen LogP contribution >= 0.6 is 33.9 Å². The maximum Gasteiger partial charge on any atom is 0.395 e. The van der Waals surface area contributed by atoms with Gasteiger partial charge in [0.15, 0.2) is 0 Å². The first-order valence-corrected chi connectivity index (χ1v) is 14.6. The van der Waals surface area contributed by atoms with Crippen molar-refractivity contribution in [1.29, 1.82) is 0 Å². The number of aliphatic hydroxyl groups excluding tert-OH is 2. The molecule has 1 aromatic rings. The number of carbonyl (C=O) groups is 2. The van der Waals surface area contributed by atoms with E-state index in [1.807, 2.05) is 13.0 Å². The average molecular weight is 672 g/mol. The number of ether oxygens (including phenoxy) is 1. The van der Waals surface area contributed by atoms with E-state index in [9.17, 15) is 33.0 Å². The Morgan fingerprint density at radius 3 is 2.58 bits per heavy atom. The molecule has 1 aliphatic heterocycles. The molecule has 1 aromatic heterocycles. The molecule has 2 rings (SSSR count). The fourth-order valence-corrected chi connectivity index (χ4v) is 5.83. The highest BCUT2D eigenvalue weighted by atomic mass is 127. The van der Waals surface area contributed by atoms with Gasteiger partial charge in [-0.25, -0.2) is 4.98 Å². The molecule has 0 bridgehead atoms. The second kappa shape index (κ2) is 13.8. The third-order valence-electron chi connectivity index (χ3n) is 7.04.